The van der Waals surface area contributed by atoms with Crippen molar-refractivity contribution in [3.05, 3.63) is 16.1 Å². The second-order valence-electron chi connectivity index (χ2n) is 4.32. The molecule has 1 N–H and O–H groups in total. The molecule has 1 aliphatic rings. The molecule has 0 aliphatic heterocycles. The van der Waals surface area contributed by atoms with Gasteiger partial charge in [-0.1, -0.05) is 0 Å². The molecule has 1 aliphatic carbocycles. The summed E-state index contributed by atoms with van der Waals surface area (Å²) < 4.78 is 4.25. The fourth-order valence-electron chi connectivity index (χ4n) is 1.95. The molecule has 17 heavy (non-hydrogen) atoms. The van der Waals surface area contributed by atoms with Crippen molar-refractivity contribution in [1.29, 1.82) is 0 Å². The van der Waals surface area contributed by atoms with Gasteiger partial charge in [-0.3, -0.25) is 9.36 Å². The van der Waals surface area contributed by atoms with E-state index in [0.29, 0.717) is 22.0 Å². The van der Waals surface area contributed by atoms with Crippen LogP contribution >= 0.6 is 15.9 Å². The molecule has 90 valence electrons. The number of carboxylic acids is 1. The number of rotatable bonds is 3. The predicted octanol–water partition coefficient (Wildman–Crippen LogP) is 1.33. The van der Waals surface area contributed by atoms with E-state index in [-0.39, 0.29) is 6.42 Å². The Kier molecular flexibility index (Phi) is 2.25. The highest BCUT2D eigenvalue weighted by Crippen LogP contribution is 2.39. The number of aromatic nitrogens is 4. The number of nitrogens with zero attached hydrogens (tertiary/aromatic N) is 4. The van der Waals surface area contributed by atoms with Gasteiger partial charge in [-0.15, -0.1) is 0 Å². The Morgan fingerprint density at radius 3 is 2.82 bits per heavy atom. The number of fused-ring (bicyclic) bond motifs is 1. The van der Waals surface area contributed by atoms with Crippen molar-refractivity contribution in [3.8, 4) is 0 Å². The molecule has 2 aromatic rings. The zero-order valence-electron chi connectivity index (χ0n) is 9.22. The lowest BCUT2D eigenvalue weighted by Gasteiger charge is -1.96. The highest BCUT2D eigenvalue weighted by atomic mass is 79.9. The zero-order chi connectivity index (χ0) is 12.2. The van der Waals surface area contributed by atoms with Crippen molar-refractivity contribution in [2.75, 3.05) is 0 Å². The number of carboxylic acid groups (broad SMARTS) is 1. The highest BCUT2D eigenvalue weighted by Gasteiger charge is 2.30. The standard InChI is InChI=1S/C10H11BrN4O2/c1-14-9(5-2-3-5)13-15-8(11)6(4-7(16)17)12-10(14)15/h5H,2-4H2,1H3,(H,16,17). The first-order valence-corrected chi connectivity index (χ1v) is 6.18. The van der Waals surface area contributed by atoms with Crippen LogP contribution in [0.1, 0.15) is 30.3 Å². The minimum atomic E-state index is -0.892. The van der Waals surface area contributed by atoms with Crippen LogP contribution in [0.5, 0.6) is 0 Å². The van der Waals surface area contributed by atoms with Crippen molar-refractivity contribution < 1.29 is 9.90 Å². The topological polar surface area (TPSA) is 72.4 Å². The van der Waals surface area contributed by atoms with Crippen LogP contribution in [0.2, 0.25) is 0 Å². The van der Waals surface area contributed by atoms with Gasteiger partial charge in [0.1, 0.15) is 10.4 Å². The molecule has 0 saturated heterocycles. The molecule has 2 heterocycles. The van der Waals surface area contributed by atoms with Gasteiger partial charge in [0.25, 0.3) is 0 Å². The van der Waals surface area contributed by atoms with E-state index in [0.717, 1.165) is 5.82 Å². The number of hydrogen-bond donors (Lipinski definition) is 1. The van der Waals surface area contributed by atoms with Crippen LogP contribution in [-0.2, 0) is 18.3 Å². The molecular weight excluding hydrogens is 288 g/mol. The average Bonchev–Trinajstić information content (AvgIpc) is 2.99. The number of carbonyl (C=O) groups is 1. The first-order chi connectivity index (χ1) is 8.08. The summed E-state index contributed by atoms with van der Waals surface area (Å²) in [4.78, 5) is 15.0. The average molecular weight is 299 g/mol. The summed E-state index contributed by atoms with van der Waals surface area (Å²) in [6.45, 7) is 0. The van der Waals surface area contributed by atoms with Gasteiger partial charge in [0.15, 0.2) is 0 Å². The van der Waals surface area contributed by atoms with Gasteiger partial charge in [0.2, 0.25) is 5.78 Å². The van der Waals surface area contributed by atoms with Crippen molar-refractivity contribution in [1.82, 2.24) is 19.2 Å². The Balaban J connectivity index is 2.12. The summed E-state index contributed by atoms with van der Waals surface area (Å²) in [5.41, 5.74) is 0.512. The second-order valence-corrected chi connectivity index (χ2v) is 5.07. The van der Waals surface area contributed by atoms with Crippen molar-refractivity contribution in [3.63, 3.8) is 0 Å². The first kappa shape index (κ1) is 10.8. The molecule has 1 saturated carbocycles. The molecule has 0 amide bonds. The summed E-state index contributed by atoms with van der Waals surface area (Å²) >= 11 is 3.36. The Bertz CT molecular complexity index is 611. The van der Waals surface area contributed by atoms with Gasteiger partial charge >= 0.3 is 5.97 Å². The van der Waals surface area contributed by atoms with Gasteiger partial charge in [-0.25, -0.2) is 4.98 Å². The van der Waals surface area contributed by atoms with Gasteiger partial charge in [0, 0.05) is 13.0 Å². The number of aliphatic carboxylic acids is 1. The third-order valence-electron chi connectivity index (χ3n) is 2.96. The van der Waals surface area contributed by atoms with Crippen LogP contribution in [0.4, 0.5) is 0 Å². The molecule has 0 aromatic carbocycles. The van der Waals surface area contributed by atoms with Crippen molar-refractivity contribution in [2.45, 2.75) is 25.2 Å². The van der Waals surface area contributed by atoms with Crippen LogP contribution in [-0.4, -0.2) is 30.2 Å². The molecule has 6 nitrogen and oxygen atoms in total. The van der Waals surface area contributed by atoms with E-state index in [9.17, 15) is 4.79 Å². The SMILES string of the molecule is Cn1c(C2CC2)nn2c(Br)c(CC(=O)O)nc12. The normalized spacial score (nSPS) is 15.6. The van der Waals surface area contributed by atoms with E-state index in [1.165, 1.54) is 12.8 Å². The van der Waals surface area contributed by atoms with E-state index in [2.05, 4.69) is 26.0 Å². The van der Waals surface area contributed by atoms with E-state index in [1.807, 2.05) is 11.6 Å². The molecule has 2 aromatic heterocycles. The van der Waals surface area contributed by atoms with E-state index < -0.39 is 5.97 Å². The van der Waals surface area contributed by atoms with Crippen LogP contribution in [0.15, 0.2) is 4.60 Å². The molecular formula is C10H11BrN4O2. The van der Waals surface area contributed by atoms with E-state index in [4.69, 9.17) is 5.11 Å². The maximum absolute atomic E-state index is 10.7. The minimum absolute atomic E-state index is 0.0945. The molecule has 1 fully saturated rings. The minimum Gasteiger partial charge on any atom is -0.481 e. The molecule has 0 radical (unpaired) electrons. The lowest BCUT2D eigenvalue weighted by atomic mass is 10.3. The Hall–Kier alpha value is -1.37. The molecule has 0 spiro atoms. The smallest absolute Gasteiger partial charge is 0.309 e. The van der Waals surface area contributed by atoms with Gasteiger partial charge in [0.05, 0.1) is 12.1 Å². The lowest BCUT2D eigenvalue weighted by Crippen LogP contribution is -2.02. The fourth-order valence-corrected chi connectivity index (χ4v) is 2.42. The summed E-state index contributed by atoms with van der Waals surface area (Å²) in [6, 6.07) is 0. The molecule has 0 bridgehead atoms. The summed E-state index contributed by atoms with van der Waals surface area (Å²) in [5, 5.41) is 13.3. The predicted molar refractivity (Wildman–Crippen MR) is 63.0 cm³/mol. The third kappa shape index (κ3) is 1.65. The zero-order valence-corrected chi connectivity index (χ0v) is 10.8. The second kappa shape index (κ2) is 3.56. The van der Waals surface area contributed by atoms with Crippen molar-refractivity contribution >= 4 is 27.7 Å². The first-order valence-electron chi connectivity index (χ1n) is 5.39. The van der Waals surface area contributed by atoms with E-state index in [1.54, 1.807) is 4.52 Å². The number of imidazole rings is 1. The van der Waals surface area contributed by atoms with Crippen molar-refractivity contribution in [2.24, 2.45) is 7.05 Å². The maximum Gasteiger partial charge on any atom is 0.309 e. The summed E-state index contributed by atoms with van der Waals surface area (Å²) in [6.07, 6.45) is 2.25. The summed E-state index contributed by atoms with van der Waals surface area (Å²) in [5.74, 6) is 1.36. The fraction of sp³-hybridized carbons (Fsp3) is 0.500. The van der Waals surface area contributed by atoms with Crippen LogP contribution in [0.25, 0.3) is 5.78 Å². The van der Waals surface area contributed by atoms with Crippen LogP contribution in [0.3, 0.4) is 0 Å². The molecule has 7 heteroatoms. The highest BCUT2D eigenvalue weighted by molar-refractivity contribution is 9.10. The van der Waals surface area contributed by atoms with Gasteiger partial charge < -0.3 is 5.11 Å². The lowest BCUT2D eigenvalue weighted by molar-refractivity contribution is -0.136. The Labute approximate surface area is 105 Å². The van der Waals surface area contributed by atoms with Crippen LogP contribution < -0.4 is 0 Å². The van der Waals surface area contributed by atoms with Gasteiger partial charge in [-0.05, 0) is 28.8 Å². The Morgan fingerprint density at radius 1 is 1.59 bits per heavy atom. The van der Waals surface area contributed by atoms with Gasteiger partial charge in [-0.2, -0.15) is 9.61 Å². The molecule has 0 unspecified atom stereocenters. The Morgan fingerprint density at radius 2 is 2.29 bits per heavy atom. The molecule has 3 rings (SSSR count). The maximum atomic E-state index is 10.7. The number of aryl methyl sites for hydroxylation is 1. The van der Waals surface area contributed by atoms with E-state index >= 15 is 0 Å². The monoisotopic (exact) mass is 298 g/mol. The summed E-state index contributed by atoms with van der Waals surface area (Å²) in [7, 11) is 1.92. The quantitative estimate of drug-likeness (QED) is 0.928. The van der Waals surface area contributed by atoms with Crippen LogP contribution in [0, 0.1) is 0 Å². The largest absolute Gasteiger partial charge is 0.481 e. The molecule has 0 atom stereocenters. The third-order valence-corrected chi connectivity index (χ3v) is 3.75. The number of hydrogen-bond acceptors (Lipinski definition) is 3. The number of halogens is 1.